The number of benzene rings is 2. The van der Waals surface area contributed by atoms with Gasteiger partial charge in [-0.3, -0.25) is 13.9 Å². The standard InChI is InChI=1S/C26H37N3O6S/c1-8-21(25(31)27-26(2,3)4)28(17-19-12-10-9-11-13-19)24(30)18-29(36(7,32)33)22-15-14-20(34-5)16-23(22)35-6/h9-16,21H,8,17-18H2,1-7H3,(H,27,31)/t21-/m1/s1. The van der Waals surface area contributed by atoms with Gasteiger partial charge in [-0.2, -0.15) is 0 Å². The van der Waals surface area contributed by atoms with E-state index in [2.05, 4.69) is 5.32 Å². The summed E-state index contributed by atoms with van der Waals surface area (Å²) in [4.78, 5) is 28.4. The molecule has 0 fully saturated rings. The summed E-state index contributed by atoms with van der Waals surface area (Å²) in [6, 6.07) is 13.1. The van der Waals surface area contributed by atoms with Crippen LogP contribution in [0, 0.1) is 0 Å². The number of hydrogen-bond acceptors (Lipinski definition) is 6. The van der Waals surface area contributed by atoms with Crippen LogP contribution < -0.4 is 19.1 Å². The Morgan fingerprint density at radius 3 is 2.17 bits per heavy atom. The zero-order valence-corrected chi connectivity index (χ0v) is 22.9. The number of methoxy groups -OCH3 is 2. The Balaban J connectivity index is 2.50. The number of anilines is 1. The van der Waals surface area contributed by atoms with E-state index < -0.39 is 34.1 Å². The highest BCUT2D eigenvalue weighted by atomic mass is 32.2. The average molecular weight is 520 g/mol. The maximum atomic E-state index is 13.7. The number of hydrogen-bond donors (Lipinski definition) is 1. The third-order valence-corrected chi connectivity index (χ3v) is 6.54. The van der Waals surface area contributed by atoms with Crippen LogP contribution in [0.4, 0.5) is 5.69 Å². The molecule has 0 spiro atoms. The first-order chi connectivity index (χ1) is 16.8. The van der Waals surface area contributed by atoms with Gasteiger partial charge in [0.1, 0.15) is 24.1 Å². The van der Waals surface area contributed by atoms with Crippen LogP contribution >= 0.6 is 0 Å². The normalized spacial score (nSPS) is 12.4. The number of ether oxygens (including phenoxy) is 2. The van der Waals surface area contributed by atoms with Crippen molar-refractivity contribution in [3.63, 3.8) is 0 Å². The van der Waals surface area contributed by atoms with Crippen molar-refractivity contribution in [1.29, 1.82) is 0 Å². The number of sulfonamides is 1. The van der Waals surface area contributed by atoms with Crippen LogP contribution in [0.1, 0.15) is 39.7 Å². The second kappa shape index (κ2) is 12.1. The summed E-state index contributed by atoms with van der Waals surface area (Å²) in [5.41, 5.74) is 0.517. The molecule has 2 aromatic rings. The van der Waals surface area contributed by atoms with Crippen molar-refractivity contribution in [2.24, 2.45) is 0 Å². The lowest BCUT2D eigenvalue weighted by atomic mass is 10.1. The number of amides is 2. The van der Waals surface area contributed by atoms with Gasteiger partial charge in [-0.15, -0.1) is 0 Å². The van der Waals surface area contributed by atoms with Crippen molar-refractivity contribution in [3.8, 4) is 11.5 Å². The molecule has 2 amide bonds. The highest BCUT2D eigenvalue weighted by molar-refractivity contribution is 7.92. The Morgan fingerprint density at radius 1 is 1.03 bits per heavy atom. The fourth-order valence-corrected chi connectivity index (χ4v) is 4.59. The molecule has 1 atom stereocenters. The van der Waals surface area contributed by atoms with Gasteiger partial charge in [0.05, 0.1) is 26.2 Å². The third-order valence-electron chi connectivity index (χ3n) is 5.41. The van der Waals surface area contributed by atoms with Gasteiger partial charge >= 0.3 is 0 Å². The monoisotopic (exact) mass is 519 g/mol. The van der Waals surface area contributed by atoms with E-state index in [1.54, 1.807) is 12.1 Å². The fourth-order valence-electron chi connectivity index (χ4n) is 3.74. The van der Waals surface area contributed by atoms with Crippen LogP contribution in [-0.2, 0) is 26.2 Å². The molecule has 2 aromatic carbocycles. The quantitative estimate of drug-likeness (QED) is 0.489. The molecule has 9 nitrogen and oxygen atoms in total. The van der Waals surface area contributed by atoms with Gasteiger partial charge in [-0.05, 0) is 44.9 Å². The molecule has 0 aliphatic carbocycles. The van der Waals surface area contributed by atoms with Gasteiger partial charge in [-0.1, -0.05) is 37.3 Å². The SMILES string of the molecule is CC[C@H](C(=O)NC(C)(C)C)N(Cc1ccccc1)C(=O)CN(c1ccc(OC)cc1OC)S(C)(=O)=O. The molecule has 0 saturated carbocycles. The lowest BCUT2D eigenvalue weighted by Gasteiger charge is -2.34. The zero-order valence-electron chi connectivity index (χ0n) is 22.1. The number of rotatable bonds is 11. The Hall–Kier alpha value is -3.27. The van der Waals surface area contributed by atoms with Gasteiger partial charge in [0.2, 0.25) is 21.8 Å². The van der Waals surface area contributed by atoms with E-state index in [4.69, 9.17) is 9.47 Å². The van der Waals surface area contributed by atoms with Gasteiger partial charge in [0, 0.05) is 18.2 Å². The first kappa shape index (κ1) is 29.0. The molecule has 198 valence electrons. The Kier molecular flexibility index (Phi) is 9.75. The molecule has 0 aliphatic heterocycles. The van der Waals surface area contributed by atoms with E-state index in [9.17, 15) is 18.0 Å². The highest BCUT2D eigenvalue weighted by Crippen LogP contribution is 2.33. The molecule has 10 heteroatoms. The summed E-state index contributed by atoms with van der Waals surface area (Å²) < 4.78 is 37.2. The van der Waals surface area contributed by atoms with Crippen molar-refractivity contribution in [3.05, 3.63) is 54.1 Å². The maximum Gasteiger partial charge on any atom is 0.244 e. The lowest BCUT2D eigenvalue weighted by Crippen LogP contribution is -2.55. The molecule has 0 unspecified atom stereocenters. The number of nitrogens with zero attached hydrogens (tertiary/aromatic N) is 2. The topological polar surface area (TPSA) is 105 Å². The van der Waals surface area contributed by atoms with E-state index in [-0.39, 0.29) is 23.9 Å². The summed E-state index contributed by atoms with van der Waals surface area (Å²) in [6.07, 6.45) is 1.38. The van der Waals surface area contributed by atoms with Gasteiger partial charge < -0.3 is 19.7 Å². The summed E-state index contributed by atoms with van der Waals surface area (Å²) in [7, 11) is -0.992. The average Bonchev–Trinajstić information content (AvgIpc) is 2.80. The van der Waals surface area contributed by atoms with E-state index >= 15 is 0 Å². The van der Waals surface area contributed by atoms with Crippen molar-refractivity contribution >= 4 is 27.5 Å². The van der Waals surface area contributed by atoms with Crippen LogP contribution in [0.2, 0.25) is 0 Å². The molecular formula is C26H37N3O6S. The molecule has 0 bridgehead atoms. The summed E-state index contributed by atoms with van der Waals surface area (Å²) in [6.45, 7) is 7.05. The smallest absolute Gasteiger partial charge is 0.244 e. The van der Waals surface area contributed by atoms with Gasteiger partial charge in [0.25, 0.3) is 0 Å². The third kappa shape index (κ3) is 7.87. The minimum Gasteiger partial charge on any atom is -0.497 e. The molecule has 0 radical (unpaired) electrons. The number of carbonyl (C=O) groups excluding carboxylic acids is 2. The molecule has 0 aliphatic rings. The summed E-state index contributed by atoms with van der Waals surface area (Å²) >= 11 is 0. The Morgan fingerprint density at radius 2 is 1.67 bits per heavy atom. The minimum absolute atomic E-state index is 0.146. The van der Waals surface area contributed by atoms with Crippen molar-refractivity contribution in [1.82, 2.24) is 10.2 Å². The first-order valence-electron chi connectivity index (χ1n) is 11.7. The van der Waals surface area contributed by atoms with Crippen LogP contribution in [0.5, 0.6) is 11.5 Å². The van der Waals surface area contributed by atoms with E-state index in [0.29, 0.717) is 12.2 Å². The van der Waals surface area contributed by atoms with Crippen LogP contribution in [-0.4, -0.2) is 63.7 Å². The second-order valence-electron chi connectivity index (χ2n) is 9.48. The van der Waals surface area contributed by atoms with E-state index in [1.165, 1.54) is 25.2 Å². The van der Waals surface area contributed by atoms with Crippen LogP contribution in [0.25, 0.3) is 0 Å². The Bertz CT molecular complexity index is 1150. The van der Waals surface area contributed by atoms with Gasteiger partial charge in [-0.25, -0.2) is 8.42 Å². The maximum absolute atomic E-state index is 13.7. The highest BCUT2D eigenvalue weighted by Gasteiger charge is 2.33. The molecule has 1 N–H and O–H groups in total. The molecular weight excluding hydrogens is 482 g/mol. The summed E-state index contributed by atoms with van der Waals surface area (Å²) in [5.74, 6) is -0.106. The van der Waals surface area contributed by atoms with Crippen LogP contribution in [0.3, 0.4) is 0 Å². The molecule has 2 rings (SSSR count). The van der Waals surface area contributed by atoms with Crippen molar-refractivity contribution in [2.45, 2.75) is 52.2 Å². The zero-order chi connectivity index (χ0) is 27.1. The second-order valence-corrected chi connectivity index (χ2v) is 11.4. The van der Waals surface area contributed by atoms with Crippen molar-refractivity contribution in [2.75, 3.05) is 31.3 Å². The fraction of sp³-hybridized carbons (Fsp3) is 0.462. The summed E-state index contributed by atoms with van der Waals surface area (Å²) in [5, 5.41) is 2.94. The lowest BCUT2D eigenvalue weighted by molar-refractivity contribution is -0.141. The molecule has 0 saturated heterocycles. The van der Waals surface area contributed by atoms with E-state index in [1.807, 2.05) is 58.0 Å². The van der Waals surface area contributed by atoms with Crippen LogP contribution in [0.15, 0.2) is 48.5 Å². The largest absolute Gasteiger partial charge is 0.497 e. The minimum atomic E-state index is -3.89. The Labute approximate surface area is 214 Å². The number of carbonyl (C=O) groups is 2. The predicted octanol–water partition coefficient (Wildman–Crippen LogP) is 3.19. The number of nitrogens with one attached hydrogen (secondary N) is 1. The van der Waals surface area contributed by atoms with Crippen molar-refractivity contribution < 1.29 is 27.5 Å². The molecule has 36 heavy (non-hydrogen) atoms. The molecule has 0 aromatic heterocycles. The predicted molar refractivity (Wildman–Crippen MR) is 141 cm³/mol. The first-order valence-corrected chi connectivity index (χ1v) is 13.5. The van der Waals surface area contributed by atoms with E-state index in [0.717, 1.165) is 16.1 Å². The van der Waals surface area contributed by atoms with Gasteiger partial charge in [0.15, 0.2) is 0 Å². The molecule has 0 heterocycles.